The van der Waals surface area contributed by atoms with Crippen LogP contribution in [0.5, 0.6) is 0 Å². The number of hydrogen-bond donors (Lipinski definition) is 0. The van der Waals surface area contributed by atoms with E-state index in [0.717, 1.165) is 18.4 Å². The monoisotopic (exact) mass is 510 g/mol. The van der Waals surface area contributed by atoms with Crippen LogP contribution in [0.4, 0.5) is 0 Å². The molecule has 1 aliphatic rings. The maximum atomic E-state index is 12.0. The predicted molar refractivity (Wildman–Crippen MR) is 163 cm³/mol. The standard InChI is InChI=1S/C35H58O2/c1-6-7-8-9-10-11-12-13-14-15-16-17-18-25-35(36)37-29-28-31(3)22-19-21-30(2)26-27-34-32(4)23-20-24-33(34)5/h19,21-22,26-28,32H,6-18,20,23-25,29H2,1-5H3/b22-19+,27-26+,30-21+,31-28+. The molecule has 0 aliphatic heterocycles. The second-order valence-corrected chi connectivity index (χ2v) is 11.3. The Kier molecular flexibility index (Phi) is 19.9. The number of carbonyl (C=O) groups excluding carboxylic acids is 1. The van der Waals surface area contributed by atoms with Gasteiger partial charge in [0.2, 0.25) is 0 Å². The normalized spacial score (nSPS) is 17.4. The maximum absolute atomic E-state index is 12.0. The lowest BCUT2D eigenvalue weighted by Gasteiger charge is -2.22. The second kappa shape index (κ2) is 22.2. The van der Waals surface area contributed by atoms with E-state index in [1.165, 1.54) is 101 Å². The summed E-state index contributed by atoms with van der Waals surface area (Å²) in [5.74, 6) is 0.601. The number of esters is 1. The van der Waals surface area contributed by atoms with Gasteiger partial charge in [-0.2, -0.15) is 0 Å². The SMILES string of the molecule is CCCCCCCCCCCCCCCC(=O)OC/C=C(C)/C=C/C=C(C)/C=C/C1=C(C)CCCC1C. The van der Waals surface area contributed by atoms with Crippen molar-refractivity contribution in [2.24, 2.45) is 5.92 Å². The number of carbonyl (C=O) groups is 1. The molecule has 0 saturated heterocycles. The van der Waals surface area contributed by atoms with Crippen molar-refractivity contribution in [1.82, 2.24) is 0 Å². The van der Waals surface area contributed by atoms with Crippen LogP contribution in [0.1, 0.15) is 144 Å². The van der Waals surface area contributed by atoms with E-state index in [1.54, 1.807) is 5.57 Å². The molecule has 0 saturated carbocycles. The Bertz CT molecular complexity index is 762. The van der Waals surface area contributed by atoms with Crippen molar-refractivity contribution in [2.45, 2.75) is 144 Å². The highest BCUT2D eigenvalue weighted by Gasteiger charge is 2.14. The molecule has 37 heavy (non-hydrogen) atoms. The van der Waals surface area contributed by atoms with Crippen molar-refractivity contribution in [3.8, 4) is 0 Å². The summed E-state index contributed by atoms with van der Waals surface area (Å²) in [6, 6.07) is 0. The molecule has 0 amide bonds. The Balaban J connectivity index is 2.09. The van der Waals surface area contributed by atoms with E-state index in [4.69, 9.17) is 4.74 Å². The smallest absolute Gasteiger partial charge is 0.306 e. The largest absolute Gasteiger partial charge is 0.461 e. The molecule has 0 radical (unpaired) electrons. The Hall–Kier alpha value is -1.83. The molecule has 0 aromatic carbocycles. The topological polar surface area (TPSA) is 26.3 Å². The zero-order valence-corrected chi connectivity index (χ0v) is 25.1. The molecule has 2 nitrogen and oxygen atoms in total. The molecule has 0 aromatic heterocycles. The zero-order valence-electron chi connectivity index (χ0n) is 25.1. The lowest BCUT2D eigenvalue weighted by atomic mass is 9.84. The van der Waals surface area contributed by atoms with E-state index in [0.29, 0.717) is 18.9 Å². The Morgan fingerprint density at radius 2 is 1.46 bits per heavy atom. The van der Waals surface area contributed by atoms with E-state index in [9.17, 15) is 4.79 Å². The molecule has 1 rings (SSSR count). The summed E-state index contributed by atoms with van der Waals surface area (Å²) < 4.78 is 5.39. The van der Waals surface area contributed by atoms with Gasteiger partial charge in [-0.25, -0.2) is 0 Å². The Morgan fingerprint density at radius 3 is 2.05 bits per heavy atom. The molecule has 0 spiro atoms. The van der Waals surface area contributed by atoms with Crippen LogP contribution in [0.3, 0.4) is 0 Å². The molecule has 0 N–H and O–H groups in total. The molecular weight excluding hydrogens is 452 g/mol. The summed E-state index contributed by atoms with van der Waals surface area (Å²) in [4.78, 5) is 12.0. The molecule has 1 unspecified atom stereocenters. The Morgan fingerprint density at radius 1 is 0.865 bits per heavy atom. The third-order valence-corrected chi connectivity index (χ3v) is 7.59. The highest BCUT2D eigenvalue weighted by atomic mass is 16.5. The van der Waals surface area contributed by atoms with Gasteiger partial charge in [0.1, 0.15) is 6.61 Å². The van der Waals surface area contributed by atoms with E-state index < -0.39 is 0 Å². The first kappa shape index (κ1) is 33.2. The molecular formula is C35H58O2. The van der Waals surface area contributed by atoms with Crippen LogP contribution < -0.4 is 0 Å². The lowest BCUT2D eigenvalue weighted by Crippen LogP contribution is -2.06. The van der Waals surface area contributed by atoms with Gasteiger partial charge >= 0.3 is 5.97 Å². The summed E-state index contributed by atoms with van der Waals surface area (Å²) in [5.41, 5.74) is 5.41. The number of hydrogen-bond acceptors (Lipinski definition) is 2. The molecule has 210 valence electrons. The van der Waals surface area contributed by atoms with Crippen molar-refractivity contribution in [3.05, 3.63) is 58.7 Å². The Labute approximate surface area is 230 Å². The van der Waals surface area contributed by atoms with Crippen LogP contribution >= 0.6 is 0 Å². The van der Waals surface area contributed by atoms with Gasteiger partial charge in [0.15, 0.2) is 0 Å². The summed E-state index contributed by atoms with van der Waals surface area (Å²) in [6.45, 7) is 11.4. The fraction of sp³-hybridized carbons (Fsp3) is 0.686. The van der Waals surface area contributed by atoms with Gasteiger partial charge in [-0.3, -0.25) is 4.79 Å². The van der Waals surface area contributed by atoms with E-state index in [2.05, 4.69) is 58.1 Å². The first-order chi connectivity index (χ1) is 17.9. The maximum Gasteiger partial charge on any atom is 0.306 e. The minimum atomic E-state index is -0.0708. The van der Waals surface area contributed by atoms with Gasteiger partial charge in [0.05, 0.1) is 0 Å². The average molecular weight is 511 g/mol. The summed E-state index contributed by atoms with van der Waals surface area (Å²) in [6.07, 6.45) is 34.3. The lowest BCUT2D eigenvalue weighted by molar-refractivity contribution is -0.142. The molecule has 0 bridgehead atoms. The number of unbranched alkanes of at least 4 members (excludes halogenated alkanes) is 12. The number of ether oxygens (including phenoxy) is 1. The number of allylic oxidation sites excluding steroid dienone is 9. The van der Waals surface area contributed by atoms with Gasteiger partial charge in [0, 0.05) is 6.42 Å². The first-order valence-electron chi connectivity index (χ1n) is 15.5. The van der Waals surface area contributed by atoms with Crippen molar-refractivity contribution in [3.63, 3.8) is 0 Å². The minimum absolute atomic E-state index is 0.0708. The third kappa shape index (κ3) is 18.1. The molecule has 0 aromatic rings. The van der Waals surface area contributed by atoms with Gasteiger partial charge in [-0.15, -0.1) is 0 Å². The van der Waals surface area contributed by atoms with Crippen LogP contribution in [0.2, 0.25) is 0 Å². The van der Waals surface area contributed by atoms with E-state index in [1.807, 2.05) is 13.0 Å². The quantitative estimate of drug-likeness (QED) is 0.0924. The molecule has 0 heterocycles. The fourth-order valence-electron chi connectivity index (χ4n) is 5.02. The third-order valence-electron chi connectivity index (χ3n) is 7.59. The summed E-state index contributed by atoms with van der Waals surface area (Å²) >= 11 is 0. The van der Waals surface area contributed by atoms with Crippen molar-refractivity contribution in [2.75, 3.05) is 6.61 Å². The average Bonchev–Trinajstić information content (AvgIpc) is 2.86. The van der Waals surface area contributed by atoms with Crippen LogP contribution in [0.15, 0.2) is 58.7 Å². The van der Waals surface area contributed by atoms with Crippen LogP contribution in [0.25, 0.3) is 0 Å². The van der Waals surface area contributed by atoms with Gasteiger partial charge in [0.25, 0.3) is 0 Å². The predicted octanol–water partition coefficient (Wildman–Crippen LogP) is 11.2. The van der Waals surface area contributed by atoms with Crippen molar-refractivity contribution in [1.29, 1.82) is 0 Å². The summed E-state index contributed by atoms with van der Waals surface area (Å²) in [5, 5.41) is 0. The minimum Gasteiger partial charge on any atom is -0.461 e. The van der Waals surface area contributed by atoms with Gasteiger partial charge < -0.3 is 4.74 Å². The van der Waals surface area contributed by atoms with Gasteiger partial charge in [-0.1, -0.05) is 138 Å². The highest BCUT2D eigenvalue weighted by Crippen LogP contribution is 2.30. The van der Waals surface area contributed by atoms with Crippen molar-refractivity contribution < 1.29 is 9.53 Å². The molecule has 2 heteroatoms. The van der Waals surface area contributed by atoms with Gasteiger partial charge in [-0.05, 0) is 64.0 Å². The van der Waals surface area contributed by atoms with Crippen LogP contribution in [-0.4, -0.2) is 12.6 Å². The highest BCUT2D eigenvalue weighted by molar-refractivity contribution is 5.69. The molecule has 0 fully saturated rings. The molecule has 1 aliphatic carbocycles. The zero-order chi connectivity index (χ0) is 27.1. The van der Waals surface area contributed by atoms with E-state index in [-0.39, 0.29) is 5.97 Å². The van der Waals surface area contributed by atoms with E-state index >= 15 is 0 Å². The summed E-state index contributed by atoms with van der Waals surface area (Å²) in [7, 11) is 0. The van der Waals surface area contributed by atoms with Crippen LogP contribution in [-0.2, 0) is 9.53 Å². The molecule has 1 atom stereocenters. The number of rotatable bonds is 20. The van der Waals surface area contributed by atoms with Crippen molar-refractivity contribution >= 4 is 5.97 Å². The first-order valence-corrected chi connectivity index (χ1v) is 15.5. The van der Waals surface area contributed by atoms with Crippen LogP contribution in [0, 0.1) is 5.92 Å². The fourth-order valence-corrected chi connectivity index (χ4v) is 5.02. The second-order valence-electron chi connectivity index (χ2n) is 11.3.